The normalized spacial score (nSPS) is 11.7. The number of carbonyl (C=O) groups is 1. The third-order valence-corrected chi connectivity index (χ3v) is 3.88. The number of aliphatic hydroxyl groups is 1. The molecule has 146 valence electrons. The molecule has 6 nitrogen and oxygen atoms in total. The highest BCUT2D eigenvalue weighted by Crippen LogP contribution is 2.28. The van der Waals surface area contributed by atoms with Crippen LogP contribution in [0.2, 0.25) is 0 Å². The van der Waals surface area contributed by atoms with E-state index in [9.17, 15) is 14.3 Å². The number of ether oxygens (including phenoxy) is 2. The number of aliphatic hydroxyl groups excluding tert-OH is 1. The maximum absolute atomic E-state index is 12.9. The molecule has 2 rings (SSSR count). The van der Waals surface area contributed by atoms with Crippen LogP contribution in [0.4, 0.5) is 4.39 Å². The molecule has 0 aliphatic heterocycles. The Morgan fingerprint density at radius 3 is 2.59 bits per heavy atom. The highest BCUT2D eigenvalue weighted by molar-refractivity contribution is 5.77. The summed E-state index contributed by atoms with van der Waals surface area (Å²) < 4.78 is 23.7. The van der Waals surface area contributed by atoms with Crippen molar-refractivity contribution in [2.75, 3.05) is 26.8 Å². The Balaban J connectivity index is 1.87. The zero-order chi connectivity index (χ0) is 19.6. The second kappa shape index (κ2) is 10.5. The average Bonchev–Trinajstić information content (AvgIpc) is 2.67. The summed E-state index contributed by atoms with van der Waals surface area (Å²) >= 11 is 0. The summed E-state index contributed by atoms with van der Waals surface area (Å²) in [6.45, 7) is 3.14. The molecule has 1 unspecified atom stereocenters. The predicted molar refractivity (Wildman–Crippen MR) is 100 cm³/mol. The third-order valence-electron chi connectivity index (χ3n) is 3.88. The van der Waals surface area contributed by atoms with Crippen molar-refractivity contribution in [2.45, 2.75) is 19.6 Å². The number of benzene rings is 2. The van der Waals surface area contributed by atoms with Gasteiger partial charge in [-0.25, -0.2) is 4.39 Å². The van der Waals surface area contributed by atoms with Crippen molar-refractivity contribution < 1.29 is 23.8 Å². The maximum atomic E-state index is 12.9. The van der Waals surface area contributed by atoms with Gasteiger partial charge in [0.1, 0.15) is 5.82 Å². The summed E-state index contributed by atoms with van der Waals surface area (Å²) in [6, 6.07) is 11.2. The van der Waals surface area contributed by atoms with Crippen molar-refractivity contribution in [1.29, 1.82) is 0 Å². The lowest BCUT2D eigenvalue weighted by Gasteiger charge is -2.14. The fraction of sp³-hybridized carbons (Fsp3) is 0.350. The van der Waals surface area contributed by atoms with Gasteiger partial charge in [-0.1, -0.05) is 18.2 Å². The van der Waals surface area contributed by atoms with Crippen molar-refractivity contribution >= 4 is 5.91 Å². The van der Waals surface area contributed by atoms with E-state index in [2.05, 4.69) is 10.6 Å². The highest BCUT2D eigenvalue weighted by atomic mass is 19.1. The van der Waals surface area contributed by atoms with E-state index in [0.717, 1.165) is 5.56 Å². The van der Waals surface area contributed by atoms with Crippen LogP contribution in [0, 0.1) is 5.82 Å². The summed E-state index contributed by atoms with van der Waals surface area (Å²) in [5.41, 5.74) is 1.58. The van der Waals surface area contributed by atoms with Crippen LogP contribution in [0.5, 0.6) is 11.5 Å². The number of amides is 1. The van der Waals surface area contributed by atoms with E-state index in [1.807, 2.05) is 19.1 Å². The first kappa shape index (κ1) is 20.7. The lowest BCUT2D eigenvalue weighted by Crippen LogP contribution is -2.28. The molecular formula is C20H25FN2O4. The van der Waals surface area contributed by atoms with Crippen molar-refractivity contribution in [1.82, 2.24) is 10.6 Å². The Morgan fingerprint density at radius 2 is 1.93 bits per heavy atom. The van der Waals surface area contributed by atoms with Gasteiger partial charge < -0.3 is 25.2 Å². The molecular weight excluding hydrogens is 351 g/mol. The van der Waals surface area contributed by atoms with E-state index in [0.29, 0.717) is 36.7 Å². The van der Waals surface area contributed by atoms with Gasteiger partial charge in [-0.05, 0) is 42.3 Å². The smallest absolute Gasteiger partial charge is 0.257 e. The van der Waals surface area contributed by atoms with Crippen LogP contribution in [0.3, 0.4) is 0 Å². The molecule has 0 radical (unpaired) electrons. The number of methoxy groups -OCH3 is 1. The number of nitrogens with one attached hydrogen (secondary N) is 2. The highest BCUT2D eigenvalue weighted by Gasteiger charge is 2.10. The Bertz CT molecular complexity index is 737. The van der Waals surface area contributed by atoms with Gasteiger partial charge in [0.05, 0.1) is 13.2 Å². The van der Waals surface area contributed by atoms with Crippen LogP contribution >= 0.6 is 0 Å². The second-order valence-electron chi connectivity index (χ2n) is 5.93. The van der Waals surface area contributed by atoms with Crippen LogP contribution in [0.15, 0.2) is 42.5 Å². The van der Waals surface area contributed by atoms with Gasteiger partial charge in [-0.3, -0.25) is 4.79 Å². The molecule has 0 aromatic heterocycles. The van der Waals surface area contributed by atoms with Crippen molar-refractivity contribution in [3.8, 4) is 11.5 Å². The summed E-state index contributed by atoms with van der Waals surface area (Å²) in [7, 11) is 1.53. The second-order valence-corrected chi connectivity index (χ2v) is 5.93. The minimum atomic E-state index is -0.729. The molecule has 2 aromatic carbocycles. The molecule has 0 spiro atoms. The number of likely N-dealkylation sites (N-methyl/N-ethyl adjacent to an activating group) is 1. The first-order chi connectivity index (χ1) is 13.0. The van der Waals surface area contributed by atoms with Crippen LogP contribution in [-0.2, 0) is 11.3 Å². The average molecular weight is 376 g/mol. The Labute approximate surface area is 158 Å². The molecule has 3 N–H and O–H groups in total. The summed E-state index contributed by atoms with van der Waals surface area (Å²) in [5.74, 6) is 0.483. The molecule has 1 amide bonds. The van der Waals surface area contributed by atoms with E-state index in [4.69, 9.17) is 9.47 Å². The van der Waals surface area contributed by atoms with Crippen molar-refractivity contribution in [2.24, 2.45) is 0 Å². The topological polar surface area (TPSA) is 79.8 Å². The van der Waals surface area contributed by atoms with Crippen LogP contribution in [0.25, 0.3) is 0 Å². The minimum absolute atomic E-state index is 0.0777. The number of hydrogen-bond donors (Lipinski definition) is 3. The standard InChI is InChI=1S/C20H25FN2O4/c1-3-23-20(25)13-27-18-9-4-14(10-19(18)26-2)11-22-12-17(24)15-5-7-16(21)8-6-15/h4-10,17,22,24H,3,11-13H2,1-2H3,(H,23,25). The maximum Gasteiger partial charge on any atom is 0.257 e. The van der Waals surface area contributed by atoms with Crippen LogP contribution < -0.4 is 20.1 Å². The fourth-order valence-electron chi connectivity index (χ4n) is 2.49. The lowest BCUT2D eigenvalue weighted by atomic mass is 10.1. The number of halogens is 1. The van der Waals surface area contributed by atoms with Crippen LogP contribution in [-0.4, -0.2) is 37.8 Å². The summed E-state index contributed by atoms with van der Waals surface area (Å²) in [5, 5.41) is 15.9. The van der Waals surface area contributed by atoms with E-state index in [1.165, 1.54) is 19.2 Å². The first-order valence-corrected chi connectivity index (χ1v) is 8.74. The van der Waals surface area contributed by atoms with E-state index < -0.39 is 6.10 Å². The molecule has 2 aromatic rings. The molecule has 7 heteroatoms. The summed E-state index contributed by atoms with van der Waals surface area (Å²) in [4.78, 5) is 11.5. The van der Waals surface area contributed by atoms with Gasteiger partial charge in [0.15, 0.2) is 18.1 Å². The number of carbonyl (C=O) groups excluding carboxylic acids is 1. The van der Waals surface area contributed by atoms with Gasteiger partial charge in [0.2, 0.25) is 0 Å². The largest absolute Gasteiger partial charge is 0.493 e. The molecule has 0 heterocycles. The van der Waals surface area contributed by atoms with Crippen molar-refractivity contribution in [3.63, 3.8) is 0 Å². The van der Waals surface area contributed by atoms with Gasteiger partial charge in [-0.2, -0.15) is 0 Å². The summed E-state index contributed by atoms with van der Waals surface area (Å²) in [6.07, 6.45) is -0.729. The zero-order valence-electron chi connectivity index (χ0n) is 15.5. The van der Waals surface area contributed by atoms with Crippen molar-refractivity contribution in [3.05, 3.63) is 59.4 Å². The Morgan fingerprint density at radius 1 is 1.19 bits per heavy atom. The molecule has 0 aliphatic carbocycles. The van der Waals surface area contributed by atoms with Gasteiger partial charge in [0, 0.05) is 19.6 Å². The van der Waals surface area contributed by atoms with Gasteiger partial charge >= 0.3 is 0 Å². The monoisotopic (exact) mass is 376 g/mol. The Kier molecular flexibility index (Phi) is 8.03. The number of rotatable bonds is 10. The Hall–Kier alpha value is -2.64. The van der Waals surface area contributed by atoms with E-state index in [-0.39, 0.29) is 18.3 Å². The fourth-order valence-corrected chi connectivity index (χ4v) is 2.49. The third kappa shape index (κ3) is 6.54. The first-order valence-electron chi connectivity index (χ1n) is 8.74. The minimum Gasteiger partial charge on any atom is -0.493 e. The van der Waals surface area contributed by atoms with Crippen LogP contribution in [0.1, 0.15) is 24.2 Å². The molecule has 1 atom stereocenters. The lowest BCUT2D eigenvalue weighted by molar-refractivity contribution is -0.123. The molecule has 27 heavy (non-hydrogen) atoms. The zero-order valence-corrected chi connectivity index (χ0v) is 15.5. The molecule has 0 saturated carbocycles. The molecule has 0 fully saturated rings. The predicted octanol–water partition coefficient (Wildman–Crippen LogP) is 2.17. The molecule has 0 aliphatic rings. The molecule has 0 bridgehead atoms. The van der Waals surface area contributed by atoms with Gasteiger partial charge in [0.25, 0.3) is 5.91 Å². The molecule has 0 saturated heterocycles. The van der Waals surface area contributed by atoms with E-state index in [1.54, 1.807) is 18.2 Å². The SMILES string of the molecule is CCNC(=O)COc1ccc(CNCC(O)c2ccc(F)cc2)cc1OC. The quantitative estimate of drug-likeness (QED) is 0.592. The number of hydrogen-bond acceptors (Lipinski definition) is 5. The van der Waals surface area contributed by atoms with Gasteiger partial charge in [-0.15, -0.1) is 0 Å². The van der Waals surface area contributed by atoms with E-state index >= 15 is 0 Å².